The Kier molecular flexibility index (Phi) is 3.04. The van der Waals surface area contributed by atoms with Crippen LogP contribution in [0.5, 0.6) is 5.75 Å². The lowest BCUT2D eigenvalue weighted by molar-refractivity contribution is -0.115. The van der Waals surface area contributed by atoms with Crippen molar-refractivity contribution < 1.29 is 19.4 Å². The fourth-order valence-corrected chi connectivity index (χ4v) is 2.36. The normalized spacial score (nSPS) is 28.2. The summed E-state index contributed by atoms with van der Waals surface area (Å²) in [5.41, 5.74) is 1.01. The quantitative estimate of drug-likeness (QED) is 0.796. The van der Waals surface area contributed by atoms with E-state index in [1.807, 2.05) is 0 Å². The Morgan fingerprint density at radius 2 is 2.10 bits per heavy atom. The summed E-state index contributed by atoms with van der Waals surface area (Å²) in [4.78, 5) is 12.2. The maximum Gasteiger partial charge on any atom is 0.216 e. The summed E-state index contributed by atoms with van der Waals surface area (Å²) in [6.45, 7) is 0. The molecule has 0 spiro atoms. The molecule has 1 atom stereocenters. The largest absolute Gasteiger partial charge is 0.460 e. The number of hydrogen-bond acceptors (Lipinski definition) is 4. The fourth-order valence-electron chi connectivity index (χ4n) is 2.36. The van der Waals surface area contributed by atoms with Crippen LogP contribution in [0.4, 0.5) is 0 Å². The molecule has 1 unspecified atom stereocenters. The van der Waals surface area contributed by atoms with Gasteiger partial charge in [-0.15, -0.1) is 0 Å². The van der Waals surface area contributed by atoms with Crippen LogP contribution in [0, 0.1) is 0 Å². The highest BCUT2D eigenvalue weighted by Gasteiger charge is 2.35. The molecule has 0 amide bonds. The Morgan fingerprint density at radius 3 is 2.90 bits per heavy atom. The van der Waals surface area contributed by atoms with E-state index in [1.54, 1.807) is 42.5 Å². The van der Waals surface area contributed by atoms with Crippen molar-refractivity contribution in [3.8, 4) is 5.75 Å². The number of fused-ring (bicyclic) bond motifs is 1. The van der Waals surface area contributed by atoms with Crippen molar-refractivity contribution in [3.63, 3.8) is 0 Å². The zero-order chi connectivity index (χ0) is 14.2. The van der Waals surface area contributed by atoms with E-state index in [2.05, 4.69) is 0 Å². The maximum atomic E-state index is 12.2. The lowest BCUT2D eigenvalue weighted by Crippen LogP contribution is -2.34. The highest BCUT2D eigenvalue weighted by molar-refractivity contribution is 6.01. The summed E-state index contributed by atoms with van der Waals surface area (Å²) >= 11 is 0. The van der Waals surface area contributed by atoms with Crippen molar-refractivity contribution in [1.29, 1.82) is 0 Å². The van der Waals surface area contributed by atoms with Gasteiger partial charge in [0.1, 0.15) is 11.5 Å². The fraction of sp³-hybridized carbons (Fsp3) is 0.188. The van der Waals surface area contributed by atoms with E-state index in [0.717, 1.165) is 0 Å². The van der Waals surface area contributed by atoms with Gasteiger partial charge in [0.05, 0.1) is 17.6 Å². The molecule has 1 aromatic rings. The van der Waals surface area contributed by atoms with Gasteiger partial charge in [0.15, 0.2) is 5.78 Å². The molecule has 102 valence electrons. The first kappa shape index (κ1) is 12.8. The molecule has 0 aromatic heterocycles. The molecule has 0 bridgehead atoms. The molecular formula is C16H14O4. The molecule has 0 saturated heterocycles. The van der Waals surface area contributed by atoms with Crippen LogP contribution in [-0.4, -0.2) is 23.8 Å². The number of carbonyl (C=O) groups excluding carboxylic acids is 1. The highest BCUT2D eigenvalue weighted by atomic mass is 16.6. The van der Waals surface area contributed by atoms with Gasteiger partial charge in [-0.1, -0.05) is 24.3 Å². The number of benzene rings is 1. The van der Waals surface area contributed by atoms with Crippen molar-refractivity contribution >= 4 is 5.78 Å². The maximum absolute atomic E-state index is 12.2. The minimum absolute atomic E-state index is 0.0317. The first-order valence-electron chi connectivity index (χ1n) is 6.31. The summed E-state index contributed by atoms with van der Waals surface area (Å²) in [6, 6.07) is 7.07. The van der Waals surface area contributed by atoms with E-state index in [4.69, 9.17) is 9.47 Å². The van der Waals surface area contributed by atoms with Crippen molar-refractivity contribution in [3.05, 3.63) is 65.5 Å². The molecule has 0 fully saturated rings. The third-order valence-electron chi connectivity index (χ3n) is 3.44. The van der Waals surface area contributed by atoms with Gasteiger partial charge in [-0.05, 0) is 24.3 Å². The molecule has 1 aromatic carbocycles. The number of carbonyl (C=O) groups is 1. The molecule has 1 aliphatic carbocycles. The van der Waals surface area contributed by atoms with Gasteiger partial charge in [-0.3, -0.25) is 4.79 Å². The number of hydrogen-bond donors (Lipinski definition) is 1. The molecule has 0 radical (unpaired) electrons. The molecule has 20 heavy (non-hydrogen) atoms. The van der Waals surface area contributed by atoms with Gasteiger partial charge in [-0.25, -0.2) is 0 Å². The third kappa shape index (κ3) is 1.99. The SMILES string of the molecule is COC1(O)C=CC=CC1=C1CC(=O)c2ccccc2O1. The Hall–Kier alpha value is -2.17. The standard InChI is InChI=1S/C16H14O4/c1-19-16(18)9-5-4-7-12(16)15-10-13(17)11-6-2-3-8-14(11)20-15/h2-9,18H,10H2,1H3. The average Bonchev–Trinajstić information content (AvgIpc) is 2.47. The van der Waals surface area contributed by atoms with Crippen LogP contribution >= 0.6 is 0 Å². The second-order valence-corrected chi connectivity index (χ2v) is 4.65. The predicted octanol–water partition coefficient (Wildman–Crippen LogP) is 2.37. The summed E-state index contributed by atoms with van der Waals surface area (Å²) in [5, 5.41) is 10.4. The van der Waals surface area contributed by atoms with Crippen LogP contribution in [0.1, 0.15) is 16.8 Å². The molecule has 0 saturated carbocycles. The van der Waals surface area contributed by atoms with E-state index in [9.17, 15) is 9.90 Å². The number of ether oxygens (including phenoxy) is 2. The number of allylic oxidation sites excluding steroid dienone is 3. The van der Waals surface area contributed by atoms with E-state index in [1.165, 1.54) is 13.2 Å². The van der Waals surface area contributed by atoms with Crippen molar-refractivity contribution in [1.82, 2.24) is 0 Å². The van der Waals surface area contributed by atoms with Crippen molar-refractivity contribution in [2.24, 2.45) is 0 Å². The highest BCUT2D eigenvalue weighted by Crippen LogP contribution is 2.35. The van der Waals surface area contributed by atoms with Crippen LogP contribution < -0.4 is 4.74 Å². The van der Waals surface area contributed by atoms with Gasteiger partial charge in [0.2, 0.25) is 5.79 Å². The number of rotatable bonds is 1. The molecule has 4 heteroatoms. The molecule has 1 heterocycles. The predicted molar refractivity (Wildman–Crippen MR) is 73.3 cm³/mol. The van der Waals surface area contributed by atoms with Crippen molar-refractivity contribution in [2.45, 2.75) is 12.2 Å². The van der Waals surface area contributed by atoms with Crippen LogP contribution in [0.2, 0.25) is 0 Å². The summed E-state index contributed by atoms with van der Waals surface area (Å²) in [6.07, 6.45) is 6.77. The molecule has 3 rings (SSSR count). The van der Waals surface area contributed by atoms with Gasteiger partial charge in [0, 0.05) is 7.11 Å². The second kappa shape index (κ2) is 4.74. The minimum atomic E-state index is -1.56. The first-order chi connectivity index (χ1) is 9.64. The van der Waals surface area contributed by atoms with Gasteiger partial charge in [-0.2, -0.15) is 0 Å². The lowest BCUT2D eigenvalue weighted by atomic mass is 9.94. The molecular weight excluding hydrogens is 256 g/mol. The van der Waals surface area contributed by atoms with Crippen LogP contribution in [0.25, 0.3) is 0 Å². The Bertz CT molecular complexity index is 654. The summed E-state index contributed by atoms with van der Waals surface area (Å²) in [7, 11) is 1.41. The zero-order valence-corrected chi connectivity index (χ0v) is 11.0. The van der Waals surface area contributed by atoms with E-state index >= 15 is 0 Å². The number of para-hydroxylation sites is 1. The van der Waals surface area contributed by atoms with Gasteiger partial charge >= 0.3 is 0 Å². The summed E-state index contributed by atoms with van der Waals surface area (Å²) in [5.74, 6) is -0.668. The average molecular weight is 270 g/mol. The number of methoxy groups -OCH3 is 1. The summed E-state index contributed by atoms with van der Waals surface area (Å²) < 4.78 is 10.9. The van der Waals surface area contributed by atoms with E-state index < -0.39 is 5.79 Å². The monoisotopic (exact) mass is 270 g/mol. The second-order valence-electron chi connectivity index (χ2n) is 4.65. The van der Waals surface area contributed by atoms with E-state index in [-0.39, 0.29) is 12.2 Å². The molecule has 1 N–H and O–H groups in total. The molecule has 1 aliphatic heterocycles. The lowest BCUT2D eigenvalue weighted by Gasteiger charge is -2.30. The third-order valence-corrected chi connectivity index (χ3v) is 3.44. The molecule has 2 aliphatic rings. The van der Waals surface area contributed by atoms with E-state index in [0.29, 0.717) is 22.6 Å². The topological polar surface area (TPSA) is 55.8 Å². The Balaban J connectivity index is 2.08. The smallest absolute Gasteiger partial charge is 0.216 e. The van der Waals surface area contributed by atoms with Crippen LogP contribution in [0.15, 0.2) is 59.9 Å². The zero-order valence-electron chi connectivity index (χ0n) is 11.0. The van der Waals surface area contributed by atoms with Crippen LogP contribution in [-0.2, 0) is 4.74 Å². The number of aliphatic hydroxyl groups is 1. The van der Waals surface area contributed by atoms with Crippen LogP contribution in [0.3, 0.4) is 0 Å². The minimum Gasteiger partial charge on any atom is -0.460 e. The number of ketones is 1. The first-order valence-corrected chi connectivity index (χ1v) is 6.31. The molecule has 4 nitrogen and oxygen atoms in total. The Morgan fingerprint density at radius 1 is 1.30 bits per heavy atom. The van der Waals surface area contributed by atoms with Crippen molar-refractivity contribution in [2.75, 3.05) is 7.11 Å². The Labute approximate surface area is 116 Å². The number of Topliss-reactive ketones (excluding diaryl/α,β-unsaturated/α-hetero) is 1. The van der Waals surface area contributed by atoms with Gasteiger partial charge < -0.3 is 14.6 Å². The van der Waals surface area contributed by atoms with Gasteiger partial charge in [0.25, 0.3) is 0 Å².